The molecule has 1 fully saturated rings. The van der Waals surface area contributed by atoms with Gasteiger partial charge in [-0.1, -0.05) is 6.92 Å². The summed E-state index contributed by atoms with van der Waals surface area (Å²) in [6.45, 7) is 11.9. The van der Waals surface area contributed by atoms with Gasteiger partial charge < -0.3 is 14.5 Å². The predicted molar refractivity (Wildman–Crippen MR) is 76.0 cm³/mol. The van der Waals surface area contributed by atoms with Crippen LogP contribution in [0.2, 0.25) is 0 Å². The SMILES string of the molecule is CCCNCc1ccc(CN2CCOC(C)(C)C2)o1. The zero-order chi connectivity index (χ0) is 13.7. The van der Waals surface area contributed by atoms with Crippen molar-refractivity contribution in [3.05, 3.63) is 23.7 Å². The predicted octanol–water partition coefficient (Wildman–Crippen LogP) is 2.39. The summed E-state index contributed by atoms with van der Waals surface area (Å²) in [5, 5.41) is 3.35. The zero-order valence-electron chi connectivity index (χ0n) is 12.4. The summed E-state index contributed by atoms with van der Waals surface area (Å²) >= 11 is 0. The molecule has 19 heavy (non-hydrogen) atoms. The molecule has 2 heterocycles. The van der Waals surface area contributed by atoms with E-state index < -0.39 is 0 Å². The lowest BCUT2D eigenvalue weighted by Crippen LogP contribution is -2.47. The molecular weight excluding hydrogens is 240 g/mol. The van der Waals surface area contributed by atoms with Crippen molar-refractivity contribution in [1.29, 1.82) is 0 Å². The van der Waals surface area contributed by atoms with Crippen LogP contribution >= 0.6 is 0 Å². The molecule has 0 atom stereocenters. The van der Waals surface area contributed by atoms with Gasteiger partial charge in [0.1, 0.15) is 11.5 Å². The largest absolute Gasteiger partial charge is 0.463 e. The van der Waals surface area contributed by atoms with E-state index in [1.807, 2.05) is 0 Å². The van der Waals surface area contributed by atoms with Gasteiger partial charge in [0, 0.05) is 13.1 Å². The minimum absolute atomic E-state index is 0.0453. The Bertz CT molecular complexity index is 387. The van der Waals surface area contributed by atoms with E-state index in [0.29, 0.717) is 0 Å². The van der Waals surface area contributed by atoms with Crippen molar-refractivity contribution >= 4 is 0 Å². The highest BCUT2D eigenvalue weighted by molar-refractivity contribution is 5.07. The van der Waals surface area contributed by atoms with Crippen molar-refractivity contribution in [2.24, 2.45) is 0 Å². The molecule has 0 bridgehead atoms. The van der Waals surface area contributed by atoms with Crippen LogP contribution in [0.3, 0.4) is 0 Å². The molecule has 2 rings (SSSR count). The molecule has 1 N–H and O–H groups in total. The molecule has 1 saturated heterocycles. The number of hydrogen-bond acceptors (Lipinski definition) is 4. The third-order valence-electron chi connectivity index (χ3n) is 3.33. The van der Waals surface area contributed by atoms with Crippen LogP contribution in [0.25, 0.3) is 0 Å². The number of nitrogens with one attached hydrogen (secondary N) is 1. The number of hydrogen-bond donors (Lipinski definition) is 1. The van der Waals surface area contributed by atoms with Crippen molar-refractivity contribution in [3.63, 3.8) is 0 Å². The average Bonchev–Trinajstić information content (AvgIpc) is 2.76. The first kappa shape index (κ1) is 14.6. The van der Waals surface area contributed by atoms with Gasteiger partial charge in [0.25, 0.3) is 0 Å². The minimum atomic E-state index is -0.0453. The summed E-state index contributed by atoms with van der Waals surface area (Å²) in [5.74, 6) is 2.07. The van der Waals surface area contributed by atoms with E-state index in [1.54, 1.807) is 0 Å². The Morgan fingerprint density at radius 3 is 2.84 bits per heavy atom. The van der Waals surface area contributed by atoms with Crippen molar-refractivity contribution < 1.29 is 9.15 Å². The lowest BCUT2D eigenvalue weighted by Gasteiger charge is -2.37. The van der Waals surface area contributed by atoms with E-state index in [0.717, 1.165) is 57.3 Å². The summed E-state index contributed by atoms with van der Waals surface area (Å²) in [6, 6.07) is 4.16. The molecule has 4 heteroatoms. The van der Waals surface area contributed by atoms with Crippen LogP contribution in [0.5, 0.6) is 0 Å². The fourth-order valence-corrected chi connectivity index (χ4v) is 2.46. The number of rotatable bonds is 6. The Hall–Kier alpha value is -0.840. The molecule has 0 aromatic carbocycles. The third kappa shape index (κ3) is 4.64. The van der Waals surface area contributed by atoms with Crippen LogP contribution < -0.4 is 5.32 Å². The van der Waals surface area contributed by atoms with Crippen molar-refractivity contribution in [2.45, 2.75) is 45.9 Å². The van der Waals surface area contributed by atoms with Crippen molar-refractivity contribution in [3.8, 4) is 0 Å². The van der Waals surface area contributed by atoms with Gasteiger partial charge in [0.05, 0.1) is 25.3 Å². The van der Waals surface area contributed by atoms with Gasteiger partial charge in [-0.15, -0.1) is 0 Å². The van der Waals surface area contributed by atoms with Crippen LogP contribution in [0.1, 0.15) is 38.7 Å². The van der Waals surface area contributed by atoms with E-state index in [4.69, 9.17) is 9.15 Å². The summed E-state index contributed by atoms with van der Waals surface area (Å²) in [4.78, 5) is 2.39. The summed E-state index contributed by atoms with van der Waals surface area (Å²) < 4.78 is 11.6. The van der Waals surface area contributed by atoms with Gasteiger partial charge >= 0.3 is 0 Å². The number of furan rings is 1. The van der Waals surface area contributed by atoms with Gasteiger partial charge in [-0.3, -0.25) is 4.90 Å². The first-order valence-corrected chi connectivity index (χ1v) is 7.24. The zero-order valence-corrected chi connectivity index (χ0v) is 12.4. The second-order valence-corrected chi connectivity index (χ2v) is 5.86. The van der Waals surface area contributed by atoms with Crippen LogP contribution in [-0.4, -0.2) is 36.7 Å². The lowest BCUT2D eigenvalue weighted by atomic mass is 10.1. The van der Waals surface area contributed by atoms with E-state index in [9.17, 15) is 0 Å². The molecule has 1 aliphatic heterocycles. The molecule has 0 spiro atoms. The summed E-state index contributed by atoms with van der Waals surface area (Å²) in [5.41, 5.74) is -0.0453. The number of nitrogens with zero attached hydrogens (tertiary/aromatic N) is 1. The number of ether oxygens (including phenoxy) is 1. The van der Waals surface area contributed by atoms with Crippen molar-refractivity contribution in [1.82, 2.24) is 10.2 Å². The molecule has 1 aromatic rings. The highest BCUT2D eigenvalue weighted by Crippen LogP contribution is 2.19. The Morgan fingerprint density at radius 1 is 1.32 bits per heavy atom. The van der Waals surface area contributed by atoms with Gasteiger partial charge in [-0.2, -0.15) is 0 Å². The van der Waals surface area contributed by atoms with Gasteiger partial charge in [-0.05, 0) is 38.9 Å². The minimum Gasteiger partial charge on any atom is -0.463 e. The molecule has 0 radical (unpaired) electrons. The van der Waals surface area contributed by atoms with E-state index in [1.165, 1.54) is 0 Å². The average molecular weight is 266 g/mol. The maximum Gasteiger partial charge on any atom is 0.118 e. The maximum absolute atomic E-state index is 5.86. The highest BCUT2D eigenvalue weighted by atomic mass is 16.5. The molecule has 108 valence electrons. The van der Waals surface area contributed by atoms with Crippen LogP contribution in [0, 0.1) is 0 Å². The second kappa shape index (κ2) is 6.55. The van der Waals surface area contributed by atoms with Crippen molar-refractivity contribution in [2.75, 3.05) is 26.2 Å². The van der Waals surface area contributed by atoms with Gasteiger partial charge in [0.2, 0.25) is 0 Å². The molecule has 0 saturated carbocycles. The van der Waals surface area contributed by atoms with Gasteiger partial charge in [-0.25, -0.2) is 0 Å². The topological polar surface area (TPSA) is 37.6 Å². The van der Waals surface area contributed by atoms with Crippen LogP contribution in [-0.2, 0) is 17.8 Å². The summed E-state index contributed by atoms with van der Waals surface area (Å²) in [6.07, 6.45) is 1.15. The molecular formula is C15H26N2O2. The van der Waals surface area contributed by atoms with E-state index in [2.05, 4.69) is 43.1 Å². The summed E-state index contributed by atoms with van der Waals surface area (Å²) in [7, 11) is 0. The third-order valence-corrected chi connectivity index (χ3v) is 3.33. The normalized spacial score (nSPS) is 19.7. The second-order valence-electron chi connectivity index (χ2n) is 5.86. The molecule has 4 nitrogen and oxygen atoms in total. The lowest BCUT2D eigenvalue weighted by molar-refractivity contribution is -0.0894. The highest BCUT2D eigenvalue weighted by Gasteiger charge is 2.27. The monoisotopic (exact) mass is 266 g/mol. The van der Waals surface area contributed by atoms with Crippen LogP contribution in [0.4, 0.5) is 0 Å². The van der Waals surface area contributed by atoms with Gasteiger partial charge in [0.15, 0.2) is 0 Å². The first-order chi connectivity index (χ1) is 9.09. The van der Waals surface area contributed by atoms with Crippen LogP contribution in [0.15, 0.2) is 16.5 Å². The quantitative estimate of drug-likeness (QED) is 0.802. The molecule has 1 aliphatic rings. The standard InChI is InChI=1S/C15H26N2O2/c1-4-7-16-10-13-5-6-14(19-13)11-17-8-9-18-15(2,3)12-17/h5-6,16H,4,7-12H2,1-3H3. The Morgan fingerprint density at radius 2 is 2.11 bits per heavy atom. The fraction of sp³-hybridized carbons (Fsp3) is 0.733. The Kier molecular flexibility index (Phi) is 5.02. The van der Waals surface area contributed by atoms with E-state index in [-0.39, 0.29) is 5.60 Å². The fourth-order valence-electron chi connectivity index (χ4n) is 2.46. The Balaban J connectivity index is 1.82. The Labute approximate surface area is 116 Å². The maximum atomic E-state index is 5.86. The number of morpholine rings is 1. The van der Waals surface area contributed by atoms with E-state index >= 15 is 0 Å². The molecule has 1 aromatic heterocycles. The first-order valence-electron chi connectivity index (χ1n) is 7.24. The molecule has 0 aliphatic carbocycles. The smallest absolute Gasteiger partial charge is 0.118 e. The molecule has 0 unspecified atom stereocenters. The molecule has 0 amide bonds.